The fourth-order valence-corrected chi connectivity index (χ4v) is 3.00. The zero-order valence-corrected chi connectivity index (χ0v) is 15.2. The van der Waals surface area contributed by atoms with E-state index in [0.29, 0.717) is 5.69 Å². The van der Waals surface area contributed by atoms with E-state index in [1.807, 2.05) is 32.9 Å². The number of anilines is 1. The van der Waals surface area contributed by atoms with Gasteiger partial charge < -0.3 is 4.74 Å². The van der Waals surface area contributed by atoms with E-state index < -0.39 is 33.5 Å². The van der Waals surface area contributed by atoms with Crippen molar-refractivity contribution in [2.24, 2.45) is 0 Å². The second-order valence-electron chi connectivity index (χ2n) is 5.71. The summed E-state index contributed by atoms with van der Waals surface area (Å²) in [5.41, 5.74) is 3.10. The van der Waals surface area contributed by atoms with Crippen molar-refractivity contribution in [3.05, 3.63) is 28.8 Å². The molecule has 1 aromatic carbocycles. The third-order valence-electron chi connectivity index (χ3n) is 3.73. The Kier molecular flexibility index (Phi) is 5.93. The lowest BCUT2D eigenvalue weighted by molar-refractivity contribution is -0.142. The highest BCUT2D eigenvalue weighted by Crippen LogP contribution is 2.29. The van der Waals surface area contributed by atoms with Crippen LogP contribution < -0.4 is 4.90 Å². The zero-order valence-electron chi connectivity index (χ0n) is 14.3. The average Bonchev–Trinajstić information content (AvgIpc) is 2.44. The lowest BCUT2D eigenvalue weighted by atomic mass is 10.0. The summed E-state index contributed by atoms with van der Waals surface area (Å²) < 4.78 is 27.7. The number of nitrogens with zero attached hydrogens (tertiary/aromatic N) is 1. The van der Waals surface area contributed by atoms with Gasteiger partial charge in [-0.1, -0.05) is 12.1 Å². The molecule has 1 rings (SSSR count). The molecule has 0 aliphatic rings. The summed E-state index contributed by atoms with van der Waals surface area (Å²) in [7, 11) is -2.29. The molecule has 0 fully saturated rings. The van der Waals surface area contributed by atoms with Gasteiger partial charge in [0, 0.05) is 6.26 Å². The van der Waals surface area contributed by atoms with Crippen molar-refractivity contribution < 1.29 is 22.7 Å². The third-order valence-corrected chi connectivity index (χ3v) is 4.50. The largest absolute Gasteiger partial charge is 0.467 e. The van der Waals surface area contributed by atoms with E-state index in [-0.39, 0.29) is 0 Å². The van der Waals surface area contributed by atoms with E-state index >= 15 is 0 Å². The first-order chi connectivity index (χ1) is 10.5. The van der Waals surface area contributed by atoms with E-state index in [4.69, 9.17) is 4.74 Å². The predicted molar refractivity (Wildman–Crippen MR) is 89.3 cm³/mol. The molecule has 1 atom stereocenters. The second kappa shape index (κ2) is 7.12. The van der Waals surface area contributed by atoms with Crippen molar-refractivity contribution in [3.8, 4) is 0 Å². The fraction of sp³-hybridized carbons (Fsp3) is 0.500. The van der Waals surface area contributed by atoms with Crippen LogP contribution in [0.4, 0.5) is 5.69 Å². The normalized spacial score (nSPS) is 12.6. The van der Waals surface area contributed by atoms with Crippen LogP contribution in [0.15, 0.2) is 12.1 Å². The van der Waals surface area contributed by atoms with Crippen LogP contribution in [-0.4, -0.2) is 45.5 Å². The van der Waals surface area contributed by atoms with Crippen molar-refractivity contribution in [2.75, 3.05) is 24.0 Å². The molecule has 128 valence electrons. The van der Waals surface area contributed by atoms with Crippen molar-refractivity contribution >= 4 is 27.4 Å². The Labute approximate surface area is 137 Å². The molecule has 0 saturated carbocycles. The monoisotopic (exact) mass is 341 g/mol. The number of hydrogen-bond donors (Lipinski definition) is 0. The second-order valence-corrected chi connectivity index (χ2v) is 7.85. The van der Waals surface area contributed by atoms with Crippen molar-refractivity contribution in [1.82, 2.24) is 0 Å². The highest BCUT2D eigenvalue weighted by atomic mass is 32.2. The Morgan fingerprint density at radius 3 is 2.17 bits per heavy atom. The number of aryl methyl sites for hydroxylation is 2. The molecule has 0 aliphatic heterocycles. The van der Waals surface area contributed by atoms with E-state index in [2.05, 4.69) is 0 Å². The van der Waals surface area contributed by atoms with Gasteiger partial charge in [-0.25, -0.2) is 13.2 Å². The first-order valence-corrected chi connectivity index (χ1v) is 9.20. The van der Waals surface area contributed by atoms with Crippen LogP contribution in [0, 0.1) is 20.8 Å². The summed E-state index contributed by atoms with van der Waals surface area (Å²) >= 11 is 0. The highest BCUT2D eigenvalue weighted by molar-refractivity contribution is 7.91. The number of methoxy groups -OCH3 is 1. The summed E-state index contributed by atoms with van der Waals surface area (Å²) in [6.07, 6.45) is 0.988. The van der Waals surface area contributed by atoms with E-state index in [9.17, 15) is 18.0 Å². The molecule has 1 unspecified atom stereocenters. The summed E-state index contributed by atoms with van der Waals surface area (Å²) in [6.45, 7) is 7.06. The van der Waals surface area contributed by atoms with E-state index in [1.165, 1.54) is 18.9 Å². The molecule has 0 aromatic heterocycles. The number of carbonyl (C=O) groups excluding carboxylic acids is 2. The van der Waals surface area contributed by atoms with Crippen LogP contribution >= 0.6 is 0 Å². The zero-order chi connectivity index (χ0) is 17.9. The molecule has 1 aromatic rings. The van der Waals surface area contributed by atoms with E-state index in [0.717, 1.165) is 22.9 Å². The molecule has 23 heavy (non-hydrogen) atoms. The van der Waals surface area contributed by atoms with Crippen LogP contribution in [0.5, 0.6) is 0 Å². The molecule has 7 heteroatoms. The standard InChI is InChI=1S/C16H23NO5S/c1-10-7-8-11(2)15(12(10)3)17(13(4)16(19)22-5)14(18)9-23(6,20)21/h7-8,13H,9H2,1-6H3. The third kappa shape index (κ3) is 4.54. The number of rotatable bonds is 5. The first kappa shape index (κ1) is 19.2. The molecule has 0 aliphatic carbocycles. The number of hydrogen-bond acceptors (Lipinski definition) is 5. The topological polar surface area (TPSA) is 80.8 Å². The Morgan fingerprint density at radius 2 is 1.70 bits per heavy atom. The van der Waals surface area contributed by atoms with Crippen molar-refractivity contribution in [1.29, 1.82) is 0 Å². The number of ether oxygens (including phenoxy) is 1. The van der Waals surface area contributed by atoms with Gasteiger partial charge in [0.15, 0.2) is 9.84 Å². The first-order valence-electron chi connectivity index (χ1n) is 7.14. The summed E-state index contributed by atoms with van der Waals surface area (Å²) in [5, 5.41) is 0. The average molecular weight is 341 g/mol. The van der Waals surface area contributed by atoms with Gasteiger partial charge in [0.25, 0.3) is 0 Å². The van der Waals surface area contributed by atoms with Crippen LogP contribution in [-0.2, 0) is 24.2 Å². The molecule has 0 saturated heterocycles. The molecular weight excluding hydrogens is 318 g/mol. The molecule has 0 radical (unpaired) electrons. The minimum Gasteiger partial charge on any atom is -0.467 e. The summed E-state index contributed by atoms with van der Waals surface area (Å²) in [6, 6.07) is 2.83. The van der Waals surface area contributed by atoms with Crippen molar-refractivity contribution in [2.45, 2.75) is 33.7 Å². The number of amides is 1. The molecule has 1 amide bonds. The number of esters is 1. The summed E-state index contributed by atoms with van der Waals surface area (Å²) in [5.74, 6) is -1.92. The van der Waals surface area contributed by atoms with Crippen LogP contribution in [0.2, 0.25) is 0 Å². The van der Waals surface area contributed by atoms with E-state index in [1.54, 1.807) is 0 Å². The Morgan fingerprint density at radius 1 is 1.17 bits per heavy atom. The molecule has 0 spiro atoms. The van der Waals surface area contributed by atoms with Crippen LogP contribution in [0.3, 0.4) is 0 Å². The van der Waals surface area contributed by atoms with Gasteiger partial charge in [-0.2, -0.15) is 0 Å². The summed E-state index contributed by atoms with van der Waals surface area (Å²) in [4.78, 5) is 25.7. The van der Waals surface area contributed by atoms with Gasteiger partial charge in [0.05, 0.1) is 12.8 Å². The highest BCUT2D eigenvalue weighted by Gasteiger charge is 2.32. The van der Waals surface area contributed by atoms with Crippen molar-refractivity contribution in [3.63, 3.8) is 0 Å². The molecule has 0 bridgehead atoms. The minimum absolute atomic E-state index is 0.552. The van der Waals surface area contributed by atoms with Gasteiger partial charge >= 0.3 is 5.97 Å². The number of carbonyl (C=O) groups is 2. The van der Waals surface area contributed by atoms with Gasteiger partial charge in [-0.15, -0.1) is 0 Å². The van der Waals surface area contributed by atoms with Crippen LogP contribution in [0.25, 0.3) is 0 Å². The fourth-order valence-electron chi connectivity index (χ4n) is 2.41. The van der Waals surface area contributed by atoms with Gasteiger partial charge in [0.1, 0.15) is 11.8 Å². The predicted octanol–water partition coefficient (Wildman–Crippen LogP) is 1.55. The van der Waals surface area contributed by atoms with Gasteiger partial charge in [0.2, 0.25) is 5.91 Å². The van der Waals surface area contributed by atoms with Gasteiger partial charge in [-0.3, -0.25) is 9.69 Å². The smallest absolute Gasteiger partial charge is 0.328 e. The van der Waals surface area contributed by atoms with Gasteiger partial charge in [-0.05, 0) is 44.4 Å². The Bertz CT molecular complexity index is 724. The SMILES string of the molecule is COC(=O)C(C)N(C(=O)CS(C)(=O)=O)c1c(C)ccc(C)c1C. The molecule has 0 heterocycles. The molecule has 6 nitrogen and oxygen atoms in total. The number of benzene rings is 1. The van der Waals surface area contributed by atoms with Crippen LogP contribution in [0.1, 0.15) is 23.6 Å². The Balaban J connectivity index is 3.50. The number of sulfone groups is 1. The minimum atomic E-state index is -3.52. The maximum atomic E-state index is 12.6. The molecule has 0 N–H and O–H groups in total. The lowest BCUT2D eigenvalue weighted by Gasteiger charge is -2.30. The molecular formula is C16H23NO5S. The maximum absolute atomic E-state index is 12.6. The maximum Gasteiger partial charge on any atom is 0.328 e. The quantitative estimate of drug-likeness (QED) is 0.759. The lowest BCUT2D eigenvalue weighted by Crippen LogP contribution is -2.47. The Hall–Kier alpha value is -1.89.